The van der Waals surface area contributed by atoms with Crippen LogP contribution in [0.1, 0.15) is 18.4 Å². The first-order valence-corrected chi connectivity index (χ1v) is 6.35. The summed E-state index contributed by atoms with van der Waals surface area (Å²) in [6.07, 6.45) is 2.79. The van der Waals surface area contributed by atoms with Gasteiger partial charge in [0.25, 0.3) is 0 Å². The largest absolute Gasteiger partial charge is 0.399 e. The molecule has 0 radical (unpaired) electrons. The summed E-state index contributed by atoms with van der Waals surface area (Å²) in [5.41, 5.74) is 7.33. The second kappa shape index (κ2) is 5.87. The zero-order chi connectivity index (χ0) is 13.0. The number of benzene rings is 1. The van der Waals surface area contributed by atoms with Gasteiger partial charge in [0.15, 0.2) is 0 Å². The van der Waals surface area contributed by atoms with E-state index in [1.807, 2.05) is 31.3 Å². The van der Waals surface area contributed by atoms with E-state index in [9.17, 15) is 4.79 Å². The van der Waals surface area contributed by atoms with Crippen molar-refractivity contribution in [3.8, 4) is 0 Å². The molecule has 1 heterocycles. The van der Waals surface area contributed by atoms with Crippen molar-refractivity contribution < 1.29 is 9.53 Å². The van der Waals surface area contributed by atoms with E-state index in [-0.39, 0.29) is 12.0 Å². The second-order valence-corrected chi connectivity index (χ2v) is 4.83. The maximum atomic E-state index is 12.0. The van der Waals surface area contributed by atoms with Gasteiger partial charge in [-0.25, -0.2) is 0 Å². The van der Waals surface area contributed by atoms with Crippen LogP contribution < -0.4 is 5.73 Å². The van der Waals surface area contributed by atoms with Gasteiger partial charge in [-0.1, -0.05) is 12.1 Å². The molecular weight excluding hydrogens is 228 g/mol. The summed E-state index contributed by atoms with van der Waals surface area (Å²) in [5.74, 6) is 0.121. The summed E-state index contributed by atoms with van der Waals surface area (Å²) in [4.78, 5) is 13.8. The molecule has 4 nitrogen and oxygen atoms in total. The normalized spacial score (nSPS) is 18.8. The van der Waals surface area contributed by atoms with Gasteiger partial charge in [0.1, 0.15) is 0 Å². The molecule has 98 valence electrons. The van der Waals surface area contributed by atoms with Crippen molar-refractivity contribution in [3.05, 3.63) is 29.8 Å². The first-order chi connectivity index (χ1) is 8.65. The summed E-state index contributed by atoms with van der Waals surface area (Å²) in [5, 5.41) is 0. The first-order valence-electron chi connectivity index (χ1n) is 6.35. The predicted molar refractivity (Wildman–Crippen MR) is 71.2 cm³/mol. The maximum absolute atomic E-state index is 12.0. The van der Waals surface area contributed by atoms with Gasteiger partial charge >= 0.3 is 0 Å². The number of ether oxygens (including phenoxy) is 1. The smallest absolute Gasteiger partial charge is 0.226 e. The van der Waals surface area contributed by atoms with Crippen LogP contribution >= 0.6 is 0 Å². The minimum atomic E-state index is 0.121. The van der Waals surface area contributed by atoms with Crippen LogP contribution in [0.4, 0.5) is 5.69 Å². The van der Waals surface area contributed by atoms with E-state index in [1.165, 1.54) is 0 Å². The fourth-order valence-corrected chi connectivity index (χ4v) is 2.14. The fourth-order valence-electron chi connectivity index (χ4n) is 2.14. The lowest BCUT2D eigenvalue weighted by Gasteiger charge is -2.20. The summed E-state index contributed by atoms with van der Waals surface area (Å²) < 4.78 is 5.53. The molecule has 2 N–H and O–H groups in total. The van der Waals surface area contributed by atoms with Crippen LogP contribution in [0.15, 0.2) is 24.3 Å². The molecule has 4 heteroatoms. The van der Waals surface area contributed by atoms with Crippen LogP contribution in [0.3, 0.4) is 0 Å². The van der Waals surface area contributed by atoms with Crippen molar-refractivity contribution >= 4 is 11.6 Å². The zero-order valence-corrected chi connectivity index (χ0v) is 10.8. The Labute approximate surface area is 108 Å². The molecule has 1 atom stereocenters. The molecule has 1 aliphatic rings. The summed E-state index contributed by atoms with van der Waals surface area (Å²) in [7, 11) is 1.83. The van der Waals surface area contributed by atoms with Gasteiger partial charge in [0.2, 0.25) is 5.91 Å². The molecule has 1 aliphatic heterocycles. The molecule has 1 fully saturated rings. The monoisotopic (exact) mass is 248 g/mol. The van der Waals surface area contributed by atoms with Gasteiger partial charge in [0, 0.05) is 25.9 Å². The Bertz CT molecular complexity index is 397. The standard InChI is InChI=1S/C14H20N2O2/c1-16(10-13-3-2-8-18-13)14(17)9-11-4-6-12(15)7-5-11/h4-7,13H,2-3,8-10,15H2,1H3. The molecule has 0 spiro atoms. The summed E-state index contributed by atoms with van der Waals surface area (Å²) >= 11 is 0. The van der Waals surface area contributed by atoms with Crippen LogP contribution in [0.5, 0.6) is 0 Å². The Hall–Kier alpha value is -1.55. The molecule has 0 aliphatic carbocycles. The Morgan fingerprint density at radius 3 is 2.78 bits per heavy atom. The van der Waals surface area contributed by atoms with E-state index in [2.05, 4.69) is 0 Å². The van der Waals surface area contributed by atoms with E-state index < -0.39 is 0 Å². The molecule has 1 amide bonds. The molecule has 0 bridgehead atoms. The van der Waals surface area contributed by atoms with Gasteiger partial charge in [-0.05, 0) is 30.5 Å². The van der Waals surface area contributed by atoms with Crippen molar-refractivity contribution in [2.75, 3.05) is 25.9 Å². The second-order valence-electron chi connectivity index (χ2n) is 4.83. The van der Waals surface area contributed by atoms with Crippen molar-refractivity contribution in [1.82, 2.24) is 4.90 Å². The van der Waals surface area contributed by atoms with E-state index >= 15 is 0 Å². The number of amides is 1. The summed E-state index contributed by atoms with van der Waals surface area (Å²) in [6.45, 7) is 1.51. The number of nitrogens with two attached hydrogens (primary N) is 1. The molecule has 0 saturated carbocycles. The van der Waals surface area contributed by atoms with E-state index in [0.717, 1.165) is 30.7 Å². The Balaban J connectivity index is 1.84. The van der Waals surface area contributed by atoms with Crippen LogP contribution in [-0.2, 0) is 16.0 Å². The Kier molecular flexibility index (Phi) is 4.20. The van der Waals surface area contributed by atoms with E-state index in [0.29, 0.717) is 13.0 Å². The number of rotatable bonds is 4. The molecular formula is C14H20N2O2. The minimum absolute atomic E-state index is 0.121. The predicted octanol–water partition coefficient (Wildman–Crippen LogP) is 1.45. The molecule has 1 saturated heterocycles. The van der Waals surface area contributed by atoms with Crippen LogP contribution in [0, 0.1) is 0 Å². The van der Waals surface area contributed by atoms with Gasteiger partial charge in [0.05, 0.1) is 12.5 Å². The van der Waals surface area contributed by atoms with E-state index in [4.69, 9.17) is 10.5 Å². The van der Waals surface area contributed by atoms with Gasteiger partial charge < -0.3 is 15.4 Å². The number of nitrogen functional groups attached to an aromatic ring is 1. The highest BCUT2D eigenvalue weighted by Gasteiger charge is 2.19. The molecule has 1 aromatic rings. The lowest BCUT2D eigenvalue weighted by atomic mass is 10.1. The van der Waals surface area contributed by atoms with Crippen molar-refractivity contribution in [3.63, 3.8) is 0 Å². The highest BCUT2D eigenvalue weighted by molar-refractivity contribution is 5.78. The molecule has 1 unspecified atom stereocenters. The fraction of sp³-hybridized carbons (Fsp3) is 0.500. The number of carbonyl (C=O) groups is 1. The number of anilines is 1. The average molecular weight is 248 g/mol. The van der Waals surface area contributed by atoms with Crippen molar-refractivity contribution in [2.24, 2.45) is 0 Å². The molecule has 2 rings (SSSR count). The third-order valence-electron chi connectivity index (χ3n) is 3.26. The quantitative estimate of drug-likeness (QED) is 0.820. The van der Waals surface area contributed by atoms with Crippen molar-refractivity contribution in [2.45, 2.75) is 25.4 Å². The van der Waals surface area contributed by atoms with Crippen LogP contribution in [-0.4, -0.2) is 37.1 Å². The lowest BCUT2D eigenvalue weighted by Crippen LogP contribution is -2.35. The van der Waals surface area contributed by atoms with Crippen LogP contribution in [0.25, 0.3) is 0 Å². The summed E-state index contributed by atoms with van der Waals surface area (Å²) in [6, 6.07) is 7.44. The first kappa shape index (κ1) is 12.9. The lowest BCUT2D eigenvalue weighted by molar-refractivity contribution is -0.130. The van der Waals surface area contributed by atoms with Gasteiger partial charge in [-0.2, -0.15) is 0 Å². The molecule has 1 aromatic carbocycles. The topological polar surface area (TPSA) is 55.6 Å². The average Bonchev–Trinajstić information content (AvgIpc) is 2.85. The third-order valence-corrected chi connectivity index (χ3v) is 3.26. The van der Waals surface area contributed by atoms with Crippen LogP contribution in [0.2, 0.25) is 0 Å². The van der Waals surface area contributed by atoms with Gasteiger partial charge in [-0.15, -0.1) is 0 Å². The van der Waals surface area contributed by atoms with Gasteiger partial charge in [-0.3, -0.25) is 4.79 Å². The Morgan fingerprint density at radius 1 is 1.44 bits per heavy atom. The number of hydrogen-bond donors (Lipinski definition) is 1. The third kappa shape index (κ3) is 3.47. The van der Waals surface area contributed by atoms with Crippen molar-refractivity contribution in [1.29, 1.82) is 0 Å². The number of nitrogens with zero attached hydrogens (tertiary/aromatic N) is 1. The number of likely N-dealkylation sites (N-methyl/N-ethyl adjacent to an activating group) is 1. The SMILES string of the molecule is CN(CC1CCCO1)C(=O)Cc1ccc(N)cc1. The Morgan fingerprint density at radius 2 is 2.17 bits per heavy atom. The highest BCUT2D eigenvalue weighted by Crippen LogP contribution is 2.13. The number of hydrogen-bond acceptors (Lipinski definition) is 3. The highest BCUT2D eigenvalue weighted by atomic mass is 16.5. The molecule has 0 aromatic heterocycles. The maximum Gasteiger partial charge on any atom is 0.226 e. The zero-order valence-electron chi connectivity index (χ0n) is 10.8. The minimum Gasteiger partial charge on any atom is -0.399 e. The molecule has 18 heavy (non-hydrogen) atoms. The van der Waals surface area contributed by atoms with E-state index in [1.54, 1.807) is 4.90 Å². The number of carbonyl (C=O) groups excluding carboxylic acids is 1.